The highest BCUT2D eigenvalue weighted by Crippen LogP contribution is 2.26. The number of aryl methyl sites for hydroxylation is 2. The van der Waals surface area contributed by atoms with Gasteiger partial charge in [-0.2, -0.15) is 5.10 Å². The molecule has 4 aromatic rings. The summed E-state index contributed by atoms with van der Waals surface area (Å²) < 4.78 is 31.1. The van der Waals surface area contributed by atoms with Crippen LogP contribution in [0.1, 0.15) is 29.4 Å². The molecule has 0 aliphatic heterocycles. The molecule has 0 saturated carbocycles. The average Bonchev–Trinajstić information content (AvgIpc) is 3.20. The van der Waals surface area contributed by atoms with Crippen LogP contribution in [-0.4, -0.2) is 31.7 Å². The van der Waals surface area contributed by atoms with Crippen molar-refractivity contribution in [3.63, 3.8) is 0 Å². The normalized spacial score (nSPS) is 11.6. The zero-order valence-corrected chi connectivity index (χ0v) is 23.8. The number of carbonyl (C=O) groups excluding carboxylic acids is 1. The lowest BCUT2D eigenvalue weighted by molar-refractivity contribution is -0.119. The van der Waals surface area contributed by atoms with Gasteiger partial charge in [-0.1, -0.05) is 49.4 Å². The number of benzene rings is 3. The number of carbonyl (C=O) groups is 1. The van der Waals surface area contributed by atoms with Crippen LogP contribution in [0.25, 0.3) is 5.69 Å². The Morgan fingerprint density at radius 3 is 2.32 bits per heavy atom. The summed E-state index contributed by atoms with van der Waals surface area (Å²) >= 11 is 3.60. The monoisotopic (exact) mass is 592 g/mol. The summed E-state index contributed by atoms with van der Waals surface area (Å²) in [5.41, 5.74) is 7.77. The van der Waals surface area contributed by atoms with Crippen molar-refractivity contribution in [2.24, 2.45) is 5.10 Å². The van der Waals surface area contributed by atoms with Gasteiger partial charge in [0.15, 0.2) is 0 Å². The number of para-hydroxylation sites is 1. The van der Waals surface area contributed by atoms with Gasteiger partial charge in [0.2, 0.25) is 0 Å². The molecule has 0 fully saturated rings. The fourth-order valence-electron chi connectivity index (χ4n) is 4.19. The van der Waals surface area contributed by atoms with Gasteiger partial charge in [0, 0.05) is 21.4 Å². The Kier molecular flexibility index (Phi) is 8.48. The number of halogens is 1. The quantitative estimate of drug-likeness (QED) is 0.198. The zero-order chi connectivity index (χ0) is 27.3. The number of rotatable bonds is 9. The molecule has 0 aliphatic rings. The van der Waals surface area contributed by atoms with E-state index in [9.17, 15) is 13.2 Å². The van der Waals surface area contributed by atoms with E-state index < -0.39 is 22.5 Å². The van der Waals surface area contributed by atoms with E-state index in [0.29, 0.717) is 5.69 Å². The molecule has 0 bridgehead atoms. The fraction of sp³-hybridized carbons (Fsp3) is 0.172. The topological polar surface area (TPSA) is 83.8 Å². The number of aromatic nitrogens is 1. The zero-order valence-electron chi connectivity index (χ0n) is 21.4. The molecule has 3 aromatic carbocycles. The number of hydrogen-bond acceptors (Lipinski definition) is 4. The van der Waals surface area contributed by atoms with Crippen molar-refractivity contribution in [1.29, 1.82) is 0 Å². The lowest BCUT2D eigenvalue weighted by Gasteiger charge is -2.24. The summed E-state index contributed by atoms with van der Waals surface area (Å²) in [6.45, 7) is 5.58. The van der Waals surface area contributed by atoms with Crippen LogP contribution in [0.2, 0.25) is 0 Å². The Balaban J connectivity index is 1.55. The fourth-order valence-corrected chi connectivity index (χ4v) is 6.10. The van der Waals surface area contributed by atoms with Crippen molar-refractivity contribution in [3.05, 3.63) is 112 Å². The van der Waals surface area contributed by atoms with Crippen molar-refractivity contribution in [2.45, 2.75) is 32.1 Å². The first kappa shape index (κ1) is 27.3. The number of hydrogen-bond donors (Lipinski definition) is 1. The molecule has 196 valence electrons. The third kappa shape index (κ3) is 5.89. The minimum atomic E-state index is -3.98. The summed E-state index contributed by atoms with van der Waals surface area (Å²) in [5, 5.41) is 4.13. The van der Waals surface area contributed by atoms with Gasteiger partial charge in [0.05, 0.1) is 22.5 Å². The van der Waals surface area contributed by atoms with Crippen molar-refractivity contribution in [2.75, 3.05) is 10.8 Å². The SMILES string of the molecule is CCc1ccc(N(CC(=O)N/N=C\c2cc(C)n(-c3ccccc3Br)c2C)S(=O)(=O)c2ccccc2)cc1. The van der Waals surface area contributed by atoms with Crippen LogP contribution < -0.4 is 9.73 Å². The summed E-state index contributed by atoms with van der Waals surface area (Å²) in [4.78, 5) is 13.0. The van der Waals surface area contributed by atoms with Crippen molar-refractivity contribution in [1.82, 2.24) is 9.99 Å². The lowest BCUT2D eigenvalue weighted by Crippen LogP contribution is -2.39. The summed E-state index contributed by atoms with van der Waals surface area (Å²) in [5.74, 6) is -0.556. The molecule has 0 unspecified atom stereocenters. The van der Waals surface area contributed by atoms with Gasteiger partial charge in [0.25, 0.3) is 15.9 Å². The van der Waals surface area contributed by atoms with Crippen LogP contribution in [0, 0.1) is 13.8 Å². The lowest BCUT2D eigenvalue weighted by atomic mass is 10.1. The number of amides is 1. The third-order valence-corrected chi connectivity index (χ3v) is 8.67. The maximum Gasteiger partial charge on any atom is 0.264 e. The molecule has 0 saturated heterocycles. The first-order valence-electron chi connectivity index (χ1n) is 12.1. The Morgan fingerprint density at radius 2 is 1.66 bits per heavy atom. The largest absolute Gasteiger partial charge is 0.317 e. The maximum absolute atomic E-state index is 13.5. The van der Waals surface area contributed by atoms with E-state index in [1.165, 1.54) is 12.1 Å². The first-order chi connectivity index (χ1) is 18.2. The highest BCUT2D eigenvalue weighted by atomic mass is 79.9. The van der Waals surface area contributed by atoms with E-state index in [1.54, 1.807) is 36.5 Å². The molecular formula is C29H29BrN4O3S. The van der Waals surface area contributed by atoms with E-state index in [0.717, 1.165) is 43.4 Å². The van der Waals surface area contributed by atoms with E-state index >= 15 is 0 Å². The van der Waals surface area contributed by atoms with Crippen molar-refractivity contribution < 1.29 is 13.2 Å². The van der Waals surface area contributed by atoms with E-state index in [4.69, 9.17) is 0 Å². The molecule has 0 atom stereocenters. The summed E-state index contributed by atoms with van der Waals surface area (Å²) in [7, 11) is -3.98. The molecule has 0 spiro atoms. The molecule has 38 heavy (non-hydrogen) atoms. The molecule has 4 rings (SSSR count). The summed E-state index contributed by atoms with van der Waals surface area (Å²) in [6, 6.07) is 25.1. The molecule has 1 aromatic heterocycles. The van der Waals surface area contributed by atoms with Gasteiger partial charge in [-0.3, -0.25) is 9.10 Å². The number of nitrogens with one attached hydrogen (secondary N) is 1. The average molecular weight is 594 g/mol. The molecule has 7 nitrogen and oxygen atoms in total. The molecule has 1 N–H and O–H groups in total. The Hall–Kier alpha value is -3.69. The molecule has 0 radical (unpaired) electrons. The second-order valence-corrected chi connectivity index (χ2v) is 11.5. The number of sulfonamides is 1. The molecule has 1 heterocycles. The summed E-state index contributed by atoms with van der Waals surface area (Å²) in [6.07, 6.45) is 2.39. The van der Waals surface area contributed by atoms with Crippen LogP contribution in [-0.2, 0) is 21.2 Å². The van der Waals surface area contributed by atoms with E-state index in [2.05, 4.69) is 31.0 Å². The van der Waals surface area contributed by atoms with Crippen LogP contribution in [0.3, 0.4) is 0 Å². The number of nitrogens with zero attached hydrogens (tertiary/aromatic N) is 3. The Bertz CT molecular complexity index is 1560. The second kappa shape index (κ2) is 11.8. The van der Waals surface area contributed by atoms with Gasteiger partial charge in [-0.15, -0.1) is 0 Å². The van der Waals surface area contributed by atoms with E-state index in [-0.39, 0.29) is 4.90 Å². The van der Waals surface area contributed by atoms with Gasteiger partial charge in [-0.05, 0) is 84.2 Å². The highest BCUT2D eigenvalue weighted by molar-refractivity contribution is 9.10. The van der Waals surface area contributed by atoms with Crippen molar-refractivity contribution in [3.8, 4) is 5.69 Å². The van der Waals surface area contributed by atoms with Gasteiger partial charge >= 0.3 is 0 Å². The van der Waals surface area contributed by atoms with Crippen LogP contribution in [0.15, 0.2) is 99.4 Å². The first-order valence-corrected chi connectivity index (χ1v) is 14.4. The minimum Gasteiger partial charge on any atom is -0.317 e. The van der Waals surface area contributed by atoms with Gasteiger partial charge in [-0.25, -0.2) is 13.8 Å². The molecule has 1 amide bonds. The van der Waals surface area contributed by atoms with Crippen LogP contribution in [0.5, 0.6) is 0 Å². The van der Waals surface area contributed by atoms with Gasteiger partial charge < -0.3 is 4.57 Å². The minimum absolute atomic E-state index is 0.107. The smallest absolute Gasteiger partial charge is 0.264 e. The van der Waals surface area contributed by atoms with Gasteiger partial charge in [0.1, 0.15) is 6.54 Å². The van der Waals surface area contributed by atoms with E-state index in [1.807, 2.05) is 63.2 Å². The second-order valence-electron chi connectivity index (χ2n) is 8.75. The third-order valence-electron chi connectivity index (χ3n) is 6.21. The Labute approximate surface area is 232 Å². The molecule has 9 heteroatoms. The van der Waals surface area contributed by atoms with Crippen LogP contribution >= 0.6 is 15.9 Å². The number of anilines is 1. The maximum atomic E-state index is 13.5. The Morgan fingerprint density at radius 1 is 1.00 bits per heavy atom. The standard InChI is InChI=1S/C29H29BrN4O3S/c1-4-23-14-16-25(17-15-23)33(38(36,37)26-10-6-5-7-11-26)20-29(35)32-31-19-24-18-21(2)34(22(24)3)28-13-9-8-12-27(28)30/h5-19H,4,20H2,1-3H3,(H,32,35)/b31-19-. The van der Waals surface area contributed by atoms with Crippen LogP contribution in [0.4, 0.5) is 5.69 Å². The molecular weight excluding hydrogens is 564 g/mol. The molecule has 0 aliphatic carbocycles. The highest BCUT2D eigenvalue weighted by Gasteiger charge is 2.27. The predicted molar refractivity (Wildman–Crippen MR) is 155 cm³/mol. The number of hydrazone groups is 1. The predicted octanol–water partition coefficient (Wildman–Crippen LogP) is 5.76. The van der Waals surface area contributed by atoms with Crippen molar-refractivity contribution >= 4 is 43.8 Å².